The Labute approximate surface area is 147 Å². The van der Waals surface area contributed by atoms with E-state index in [-0.39, 0.29) is 17.6 Å². The second kappa shape index (κ2) is 7.31. The van der Waals surface area contributed by atoms with Crippen LogP contribution in [0.3, 0.4) is 0 Å². The first kappa shape index (κ1) is 16.9. The molecule has 1 fully saturated rings. The average Bonchev–Trinajstić information content (AvgIpc) is 2.91. The van der Waals surface area contributed by atoms with E-state index in [4.69, 9.17) is 10.1 Å². The minimum Gasteiger partial charge on any atom is -0.487 e. The third-order valence-corrected chi connectivity index (χ3v) is 4.19. The Morgan fingerprint density at radius 1 is 1.20 bits per heavy atom. The Bertz CT molecular complexity index is 878. The van der Waals surface area contributed by atoms with Crippen molar-refractivity contribution in [3.8, 4) is 5.75 Å². The standard InChI is InChI=1S/C18H13FN2O3S/c19-13-3-1-2-12(9-13)15(20)10-24-14-6-4-11(5-7-14)8-16-17(22)21-18(23)25-16/h1-9,20H,10H2,(H,21,22,23). The van der Waals surface area contributed by atoms with E-state index in [9.17, 15) is 14.0 Å². The first-order valence-electron chi connectivity index (χ1n) is 7.32. The number of amides is 2. The molecular formula is C18H13FN2O3S. The molecule has 2 aromatic carbocycles. The summed E-state index contributed by atoms with van der Waals surface area (Å²) < 4.78 is 18.7. The van der Waals surface area contributed by atoms with Crippen LogP contribution in [0.25, 0.3) is 6.08 Å². The zero-order valence-corrected chi connectivity index (χ0v) is 13.7. The molecule has 0 aliphatic carbocycles. The highest BCUT2D eigenvalue weighted by atomic mass is 32.2. The molecule has 2 aromatic rings. The first-order valence-corrected chi connectivity index (χ1v) is 8.14. The van der Waals surface area contributed by atoms with E-state index in [1.54, 1.807) is 42.5 Å². The molecular weight excluding hydrogens is 343 g/mol. The van der Waals surface area contributed by atoms with Gasteiger partial charge in [-0.05, 0) is 47.7 Å². The molecule has 1 saturated heterocycles. The molecule has 7 heteroatoms. The van der Waals surface area contributed by atoms with Gasteiger partial charge in [-0.2, -0.15) is 0 Å². The van der Waals surface area contributed by atoms with Gasteiger partial charge in [-0.1, -0.05) is 24.3 Å². The maximum Gasteiger partial charge on any atom is 0.290 e. The number of rotatable bonds is 5. The summed E-state index contributed by atoms with van der Waals surface area (Å²) in [5, 5.41) is 9.74. The molecule has 0 atom stereocenters. The summed E-state index contributed by atoms with van der Waals surface area (Å²) in [4.78, 5) is 23.0. The second-order valence-corrected chi connectivity index (χ2v) is 6.21. The molecule has 5 nitrogen and oxygen atoms in total. The largest absolute Gasteiger partial charge is 0.487 e. The monoisotopic (exact) mass is 356 g/mol. The Balaban J connectivity index is 1.61. The van der Waals surface area contributed by atoms with Crippen LogP contribution < -0.4 is 10.1 Å². The number of benzene rings is 2. The summed E-state index contributed by atoms with van der Waals surface area (Å²) in [6.45, 7) is 0.0106. The number of hydrogen-bond donors (Lipinski definition) is 2. The van der Waals surface area contributed by atoms with Gasteiger partial charge >= 0.3 is 0 Å². The van der Waals surface area contributed by atoms with Crippen molar-refractivity contribution >= 4 is 34.7 Å². The van der Waals surface area contributed by atoms with Crippen molar-refractivity contribution in [3.63, 3.8) is 0 Å². The predicted octanol–water partition coefficient (Wildman–Crippen LogP) is 3.60. The minimum absolute atomic E-state index is 0.0106. The molecule has 3 rings (SSSR count). The van der Waals surface area contributed by atoms with Gasteiger partial charge in [0.15, 0.2) is 0 Å². The van der Waals surface area contributed by atoms with E-state index in [2.05, 4.69) is 5.32 Å². The summed E-state index contributed by atoms with van der Waals surface area (Å²) in [7, 11) is 0. The molecule has 0 bridgehead atoms. The van der Waals surface area contributed by atoms with Crippen molar-refractivity contribution < 1.29 is 18.7 Å². The van der Waals surface area contributed by atoms with Crippen LogP contribution in [0.5, 0.6) is 5.75 Å². The second-order valence-electron chi connectivity index (χ2n) is 5.20. The van der Waals surface area contributed by atoms with Crippen LogP contribution in [0.15, 0.2) is 53.4 Å². The van der Waals surface area contributed by atoms with Crippen LogP contribution in [0.2, 0.25) is 0 Å². The molecule has 0 aromatic heterocycles. The van der Waals surface area contributed by atoms with Gasteiger partial charge in [0.05, 0.1) is 10.6 Å². The van der Waals surface area contributed by atoms with Gasteiger partial charge in [-0.3, -0.25) is 14.9 Å². The van der Waals surface area contributed by atoms with Crippen LogP contribution in [0, 0.1) is 11.2 Å². The van der Waals surface area contributed by atoms with Gasteiger partial charge in [-0.15, -0.1) is 0 Å². The Kier molecular flexibility index (Phi) is 4.95. The Hall–Kier alpha value is -2.93. The highest BCUT2D eigenvalue weighted by Gasteiger charge is 2.24. The molecule has 0 radical (unpaired) electrons. The summed E-state index contributed by atoms with van der Waals surface area (Å²) in [6.07, 6.45) is 1.61. The first-order chi connectivity index (χ1) is 12.0. The molecule has 25 heavy (non-hydrogen) atoms. The van der Waals surface area contributed by atoms with E-state index in [1.807, 2.05) is 0 Å². The molecule has 0 saturated carbocycles. The van der Waals surface area contributed by atoms with Crippen molar-refractivity contribution in [1.82, 2.24) is 5.32 Å². The van der Waals surface area contributed by atoms with Gasteiger partial charge in [0.2, 0.25) is 0 Å². The maximum atomic E-state index is 13.2. The van der Waals surface area contributed by atoms with Gasteiger partial charge in [-0.25, -0.2) is 4.39 Å². The number of nitrogens with one attached hydrogen (secondary N) is 2. The van der Waals surface area contributed by atoms with Gasteiger partial charge < -0.3 is 10.1 Å². The van der Waals surface area contributed by atoms with Gasteiger partial charge in [0.1, 0.15) is 18.2 Å². The third kappa shape index (κ3) is 4.33. The molecule has 0 unspecified atom stereocenters. The van der Waals surface area contributed by atoms with Crippen LogP contribution in [0.4, 0.5) is 9.18 Å². The topological polar surface area (TPSA) is 79.2 Å². The zero-order valence-electron chi connectivity index (χ0n) is 12.9. The summed E-state index contributed by atoms with van der Waals surface area (Å²) in [6, 6.07) is 12.7. The number of ether oxygens (including phenoxy) is 1. The lowest BCUT2D eigenvalue weighted by Crippen LogP contribution is -2.17. The van der Waals surface area contributed by atoms with Crippen molar-refractivity contribution in [1.29, 1.82) is 5.41 Å². The third-order valence-electron chi connectivity index (χ3n) is 3.38. The number of hydrogen-bond acceptors (Lipinski definition) is 5. The molecule has 2 amide bonds. The Morgan fingerprint density at radius 2 is 1.96 bits per heavy atom. The number of imide groups is 1. The quantitative estimate of drug-likeness (QED) is 0.634. The van der Waals surface area contributed by atoms with Crippen molar-refractivity contribution in [3.05, 3.63) is 70.4 Å². The maximum absolute atomic E-state index is 13.2. The Morgan fingerprint density at radius 3 is 2.60 bits per heavy atom. The smallest absolute Gasteiger partial charge is 0.290 e. The lowest BCUT2D eigenvalue weighted by atomic mass is 10.1. The van der Waals surface area contributed by atoms with E-state index in [0.717, 1.165) is 17.3 Å². The van der Waals surface area contributed by atoms with Crippen LogP contribution in [0.1, 0.15) is 11.1 Å². The van der Waals surface area contributed by atoms with Crippen LogP contribution in [-0.4, -0.2) is 23.5 Å². The molecule has 2 N–H and O–H groups in total. The van der Waals surface area contributed by atoms with E-state index in [0.29, 0.717) is 16.2 Å². The van der Waals surface area contributed by atoms with Crippen LogP contribution >= 0.6 is 11.8 Å². The van der Waals surface area contributed by atoms with E-state index in [1.165, 1.54) is 12.1 Å². The van der Waals surface area contributed by atoms with Gasteiger partial charge in [0.25, 0.3) is 11.1 Å². The lowest BCUT2D eigenvalue weighted by Gasteiger charge is -2.08. The minimum atomic E-state index is -0.404. The zero-order chi connectivity index (χ0) is 17.8. The lowest BCUT2D eigenvalue weighted by molar-refractivity contribution is -0.115. The number of thioether (sulfide) groups is 1. The summed E-state index contributed by atoms with van der Waals surface area (Å²) >= 11 is 0.857. The predicted molar refractivity (Wildman–Crippen MR) is 94.3 cm³/mol. The highest BCUT2D eigenvalue weighted by molar-refractivity contribution is 8.18. The SMILES string of the molecule is N=C(COc1ccc(C=C2SC(=O)NC2=O)cc1)c1cccc(F)c1. The summed E-state index contributed by atoms with van der Waals surface area (Å²) in [5.74, 6) is -0.256. The summed E-state index contributed by atoms with van der Waals surface area (Å²) in [5.41, 5.74) is 1.39. The molecule has 1 aliphatic heterocycles. The highest BCUT2D eigenvalue weighted by Crippen LogP contribution is 2.26. The normalized spacial score (nSPS) is 15.3. The average molecular weight is 356 g/mol. The molecule has 1 aliphatic rings. The van der Waals surface area contributed by atoms with E-state index < -0.39 is 11.7 Å². The fourth-order valence-electron chi connectivity index (χ4n) is 2.15. The van der Waals surface area contributed by atoms with Crippen molar-refractivity contribution in [2.75, 3.05) is 6.61 Å². The number of carbonyl (C=O) groups excluding carboxylic acids is 2. The number of carbonyl (C=O) groups is 2. The van der Waals surface area contributed by atoms with Crippen molar-refractivity contribution in [2.24, 2.45) is 0 Å². The van der Waals surface area contributed by atoms with E-state index >= 15 is 0 Å². The fourth-order valence-corrected chi connectivity index (χ4v) is 2.83. The molecule has 0 spiro atoms. The number of halogens is 1. The van der Waals surface area contributed by atoms with Crippen molar-refractivity contribution in [2.45, 2.75) is 0 Å². The van der Waals surface area contributed by atoms with Crippen LogP contribution in [-0.2, 0) is 4.79 Å². The fraction of sp³-hybridized carbons (Fsp3) is 0.0556. The van der Waals surface area contributed by atoms with Gasteiger partial charge in [0, 0.05) is 5.56 Å². The molecule has 1 heterocycles. The molecule has 126 valence electrons.